The van der Waals surface area contributed by atoms with E-state index in [1.165, 1.54) is 5.56 Å². The van der Waals surface area contributed by atoms with Gasteiger partial charge < -0.3 is 10.1 Å². The number of para-hydroxylation sites is 1. The van der Waals surface area contributed by atoms with Crippen LogP contribution in [0.15, 0.2) is 84.9 Å². The first kappa shape index (κ1) is 14.3. The summed E-state index contributed by atoms with van der Waals surface area (Å²) >= 11 is 5.21. The van der Waals surface area contributed by atoms with E-state index in [4.69, 9.17) is 17.0 Å². The van der Waals surface area contributed by atoms with Crippen LogP contribution in [0.4, 0.5) is 5.69 Å². The first-order valence-corrected chi connectivity index (χ1v) is 7.41. The Morgan fingerprint density at radius 3 is 1.86 bits per heavy atom. The zero-order valence-electron chi connectivity index (χ0n) is 11.9. The molecule has 1 N–H and O–H groups in total. The lowest BCUT2D eigenvalue weighted by atomic mass is 10.1. The van der Waals surface area contributed by atoms with E-state index >= 15 is 0 Å². The molecule has 0 atom stereocenters. The molecule has 0 aromatic heterocycles. The molecule has 0 amide bonds. The van der Waals surface area contributed by atoms with Crippen molar-refractivity contribution in [3.05, 3.63) is 84.9 Å². The Hall–Kier alpha value is -2.65. The van der Waals surface area contributed by atoms with Crippen LogP contribution in [-0.4, -0.2) is 5.17 Å². The van der Waals surface area contributed by atoms with Crippen LogP contribution in [0.2, 0.25) is 0 Å². The number of hydrogen-bond acceptors (Lipinski definition) is 2. The molecule has 22 heavy (non-hydrogen) atoms. The van der Waals surface area contributed by atoms with Gasteiger partial charge in [-0.2, -0.15) is 0 Å². The van der Waals surface area contributed by atoms with E-state index < -0.39 is 0 Å². The normalized spacial score (nSPS) is 10.0. The summed E-state index contributed by atoms with van der Waals surface area (Å²) in [6.07, 6.45) is 0. The number of rotatable bonds is 3. The summed E-state index contributed by atoms with van der Waals surface area (Å²) in [4.78, 5) is 0. The number of nitrogens with one attached hydrogen (secondary N) is 1. The van der Waals surface area contributed by atoms with E-state index in [1.54, 1.807) is 0 Å². The Labute approximate surface area is 135 Å². The fourth-order valence-electron chi connectivity index (χ4n) is 2.12. The summed E-state index contributed by atoms with van der Waals surface area (Å²) in [5.41, 5.74) is 3.24. The van der Waals surface area contributed by atoms with Crippen molar-refractivity contribution in [3.63, 3.8) is 0 Å². The van der Waals surface area contributed by atoms with Crippen molar-refractivity contribution >= 4 is 23.1 Å². The summed E-state index contributed by atoms with van der Waals surface area (Å²) in [6.45, 7) is 0. The van der Waals surface area contributed by atoms with Crippen molar-refractivity contribution in [2.75, 3.05) is 5.32 Å². The van der Waals surface area contributed by atoms with Crippen LogP contribution < -0.4 is 10.1 Å². The quantitative estimate of drug-likeness (QED) is 0.678. The van der Waals surface area contributed by atoms with Crippen LogP contribution in [0.5, 0.6) is 5.75 Å². The van der Waals surface area contributed by atoms with Gasteiger partial charge in [0.05, 0.1) is 0 Å². The van der Waals surface area contributed by atoms with Crippen LogP contribution in [0.25, 0.3) is 11.1 Å². The maximum absolute atomic E-state index is 5.63. The first-order chi connectivity index (χ1) is 10.8. The van der Waals surface area contributed by atoms with E-state index in [-0.39, 0.29) is 0 Å². The van der Waals surface area contributed by atoms with Crippen LogP contribution in [0, 0.1) is 0 Å². The van der Waals surface area contributed by atoms with Gasteiger partial charge in [0.15, 0.2) is 0 Å². The molecular formula is C19H15NOS. The van der Waals surface area contributed by atoms with Gasteiger partial charge in [0.2, 0.25) is 0 Å². The van der Waals surface area contributed by atoms with Crippen LogP contribution in [0.3, 0.4) is 0 Å². The molecule has 0 saturated heterocycles. The highest BCUT2D eigenvalue weighted by Crippen LogP contribution is 2.22. The van der Waals surface area contributed by atoms with Crippen LogP contribution in [0.1, 0.15) is 0 Å². The van der Waals surface area contributed by atoms with Gasteiger partial charge in [0.25, 0.3) is 5.17 Å². The van der Waals surface area contributed by atoms with Crippen molar-refractivity contribution in [2.45, 2.75) is 0 Å². The van der Waals surface area contributed by atoms with Crippen molar-refractivity contribution in [3.8, 4) is 16.9 Å². The largest absolute Gasteiger partial charge is 0.432 e. The lowest BCUT2D eigenvalue weighted by molar-refractivity contribution is 0.563. The van der Waals surface area contributed by atoms with Crippen molar-refractivity contribution in [1.82, 2.24) is 0 Å². The Balaban J connectivity index is 1.65. The zero-order valence-corrected chi connectivity index (χ0v) is 12.7. The van der Waals surface area contributed by atoms with Crippen molar-refractivity contribution < 1.29 is 4.74 Å². The standard InChI is InChI=1S/C19H15NOS/c22-19(20-17-9-5-2-6-10-17)21-18-13-11-16(12-14-18)15-7-3-1-4-8-15/h1-14H,(H,20,22). The predicted molar refractivity (Wildman–Crippen MR) is 95.2 cm³/mol. The van der Waals surface area contributed by atoms with Gasteiger partial charge in [0, 0.05) is 5.69 Å². The van der Waals surface area contributed by atoms with Gasteiger partial charge in [-0.3, -0.25) is 0 Å². The first-order valence-electron chi connectivity index (χ1n) is 7.01. The fourth-order valence-corrected chi connectivity index (χ4v) is 2.33. The Morgan fingerprint density at radius 2 is 1.23 bits per heavy atom. The highest BCUT2D eigenvalue weighted by molar-refractivity contribution is 7.80. The van der Waals surface area contributed by atoms with E-state index in [0.717, 1.165) is 11.3 Å². The molecule has 3 aromatic carbocycles. The SMILES string of the molecule is S=C(Nc1ccccc1)Oc1ccc(-c2ccccc2)cc1. The molecule has 0 heterocycles. The Morgan fingerprint density at radius 1 is 0.682 bits per heavy atom. The second kappa shape index (κ2) is 6.87. The van der Waals surface area contributed by atoms with Gasteiger partial charge in [0.1, 0.15) is 5.75 Å². The fraction of sp³-hybridized carbons (Fsp3) is 0. The molecule has 0 saturated carbocycles. The third kappa shape index (κ3) is 3.71. The monoisotopic (exact) mass is 305 g/mol. The molecule has 3 heteroatoms. The van der Waals surface area contributed by atoms with E-state index in [1.807, 2.05) is 72.8 Å². The number of thiocarbonyl (C=S) groups is 1. The third-order valence-corrected chi connectivity index (χ3v) is 3.38. The van der Waals surface area contributed by atoms with Gasteiger partial charge in [-0.25, -0.2) is 0 Å². The summed E-state index contributed by atoms with van der Waals surface area (Å²) in [7, 11) is 0. The molecule has 0 radical (unpaired) electrons. The number of ether oxygens (including phenoxy) is 1. The second-order valence-corrected chi connectivity index (χ2v) is 5.14. The van der Waals surface area contributed by atoms with Gasteiger partial charge in [-0.1, -0.05) is 60.7 Å². The Kier molecular flexibility index (Phi) is 4.47. The second-order valence-electron chi connectivity index (χ2n) is 4.77. The maximum atomic E-state index is 5.63. The number of hydrogen-bond donors (Lipinski definition) is 1. The molecule has 0 unspecified atom stereocenters. The molecule has 3 aromatic rings. The summed E-state index contributed by atoms with van der Waals surface area (Å²) in [5.74, 6) is 0.716. The topological polar surface area (TPSA) is 21.3 Å². The average molecular weight is 305 g/mol. The highest BCUT2D eigenvalue weighted by atomic mass is 32.1. The lowest BCUT2D eigenvalue weighted by Gasteiger charge is -2.10. The molecule has 0 bridgehead atoms. The molecule has 0 fully saturated rings. The molecule has 0 aliphatic heterocycles. The molecule has 108 valence electrons. The molecule has 3 rings (SSSR count). The smallest absolute Gasteiger partial charge is 0.266 e. The van der Waals surface area contributed by atoms with Crippen molar-refractivity contribution in [2.24, 2.45) is 0 Å². The maximum Gasteiger partial charge on any atom is 0.266 e. The minimum Gasteiger partial charge on any atom is -0.432 e. The molecule has 0 aliphatic carbocycles. The summed E-state index contributed by atoms with van der Waals surface area (Å²) < 4.78 is 5.63. The lowest BCUT2D eigenvalue weighted by Crippen LogP contribution is -2.16. The number of anilines is 1. The minimum atomic E-state index is 0.332. The zero-order chi connectivity index (χ0) is 15.2. The Bertz CT molecular complexity index is 739. The van der Waals surface area contributed by atoms with Gasteiger partial charge in [-0.15, -0.1) is 0 Å². The molecule has 0 spiro atoms. The highest BCUT2D eigenvalue weighted by Gasteiger charge is 2.02. The third-order valence-electron chi connectivity index (χ3n) is 3.19. The van der Waals surface area contributed by atoms with E-state index in [2.05, 4.69) is 17.4 Å². The molecular weight excluding hydrogens is 290 g/mol. The van der Waals surface area contributed by atoms with Crippen LogP contribution in [-0.2, 0) is 0 Å². The molecule has 2 nitrogen and oxygen atoms in total. The number of benzene rings is 3. The van der Waals surface area contributed by atoms with Crippen LogP contribution >= 0.6 is 12.2 Å². The molecule has 0 aliphatic rings. The predicted octanol–water partition coefficient (Wildman–Crippen LogP) is 5.13. The summed E-state index contributed by atoms with van der Waals surface area (Å²) in [5, 5.41) is 3.38. The van der Waals surface area contributed by atoms with Gasteiger partial charge >= 0.3 is 0 Å². The average Bonchev–Trinajstić information content (AvgIpc) is 2.57. The summed E-state index contributed by atoms with van der Waals surface area (Å²) in [6, 6.07) is 27.8. The minimum absolute atomic E-state index is 0.332. The van der Waals surface area contributed by atoms with Crippen molar-refractivity contribution in [1.29, 1.82) is 0 Å². The van der Waals surface area contributed by atoms with Gasteiger partial charge in [-0.05, 0) is 47.6 Å². The van der Waals surface area contributed by atoms with E-state index in [0.29, 0.717) is 10.9 Å². The van der Waals surface area contributed by atoms with E-state index in [9.17, 15) is 0 Å².